The van der Waals surface area contributed by atoms with E-state index in [4.69, 9.17) is 9.47 Å². The van der Waals surface area contributed by atoms with Crippen LogP contribution in [0.2, 0.25) is 0 Å². The summed E-state index contributed by atoms with van der Waals surface area (Å²) in [5.41, 5.74) is 1.63. The molecule has 0 saturated carbocycles. The number of ether oxygens (including phenoxy) is 2. The zero-order valence-corrected chi connectivity index (χ0v) is 19.3. The van der Waals surface area contributed by atoms with Crippen LogP contribution in [0.5, 0.6) is 5.75 Å². The maximum absolute atomic E-state index is 12.5. The van der Waals surface area contributed by atoms with Gasteiger partial charge in [-0.25, -0.2) is 8.42 Å². The fourth-order valence-corrected chi connectivity index (χ4v) is 5.24. The molecule has 2 aromatic carbocycles. The number of methoxy groups -OCH3 is 1. The van der Waals surface area contributed by atoms with Crippen LogP contribution in [0.1, 0.15) is 23.6 Å². The lowest BCUT2D eigenvalue weighted by Gasteiger charge is -2.35. The smallest absolute Gasteiger partial charge is 0.263 e. The number of aliphatic imine (C=N–C) groups is 1. The second kappa shape index (κ2) is 10.3. The standard InChI is InChI=1S/C23H28N4O5S/c1-31-18-8-6-17(7-9-18)20(27-12-14-32-15-13-27)16-25-22(28)10-11-24-23-19-4-2-3-5-21(19)33(29,30)26-23/h2-9,20H,10-16H2,1H3,(H,24,26)(H,25,28). The predicted octanol–water partition coefficient (Wildman–Crippen LogP) is 1.31. The summed E-state index contributed by atoms with van der Waals surface area (Å²) >= 11 is 0. The van der Waals surface area contributed by atoms with Crippen LogP contribution in [-0.2, 0) is 19.6 Å². The first-order chi connectivity index (χ1) is 16.0. The molecule has 0 aliphatic carbocycles. The van der Waals surface area contributed by atoms with Gasteiger partial charge < -0.3 is 14.8 Å². The van der Waals surface area contributed by atoms with Gasteiger partial charge in [-0.15, -0.1) is 0 Å². The summed E-state index contributed by atoms with van der Waals surface area (Å²) in [6, 6.07) is 14.6. The molecule has 1 fully saturated rings. The first-order valence-electron chi connectivity index (χ1n) is 10.9. The maximum atomic E-state index is 12.5. The number of rotatable bonds is 8. The van der Waals surface area contributed by atoms with E-state index >= 15 is 0 Å². The molecule has 33 heavy (non-hydrogen) atoms. The number of fused-ring (bicyclic) bond motifs is 1. The number of nitrogens with one attached hydrogen (secondary N) is 2. The number of benzene rings is 2. The van der Waals surface area contributed by atoms with Gasteiger partial charge in [0.1, 0.15) is 11.6 Å². The summed E-state index contributed by atoms with van der Waals surface area (Å²) in [7, 11) is -1.95. The van der Waals surface area contributed by atoms with Gasteiger partial charge in [0.2, 0.25) is 5.91 Å². The van der Waals surface area contributed by atoms with Gasteiger partial charge in [-0.05, 0) is 29.8 Å². The number of morpholine rings is 1. The molecule has 0 spiro atoms. The number of carbonyl (C=O) groups excluding carboxylic acids is 1. The number of amidine groups is 1. The van der Waals surface area contributed by atoms with Crippen molar-refractivity contribution in [1.29, 1.82) is 0 Å². The third-order valence-electron chi connectivity index (χ3n) is 5.75. The van der Waals surface area contributed by atoms with Crippen LogP contribution >= 0.6 is 0 Å². The zero-order chi connectivity index (χ0) is 23.3. The summed E-state index contributed by atoms with van der Waals surface area (Å²) in [5, 5.41) is 3.01. The predicted molar refractivity (Wildman–Crippen MR) is 124 cm³/mol. The normalized spacial score (nSPS) is 19.5. The summed E-state index contributed by atoms with van der Waals surface area (Å²) in [4.78, 5) is 19.4. The van der Waals surface area contributed by atoms with Crippen molar-refractivity contribution in [3.05, 3.63) is 59.7 Å². The first-order valence-corrected chi connectivity index (χ1v) is 12.4. The minimum atomic E-state index is -3.58. The molecular weight excluding hydrogens is 444 g/mol. The summed E-state index contributed by atoms with van der Waals surface area (Å²) in [5.74, 6) is 0.926. The van der Waals surface area contributed by atoms with E-state index in [-0.39, 0.29) is 35.6 Å². The Morgan fingerprint density at radius 3 is 2.64 bits per heavy atom. The molecule has 4 rings (SSSR count). The molecule has 2 aliphatic rings. The topological polar surface area (TPSA) is 109 Å². The van der Waals surface area contributed by atoms with E-state index < -0.39 is 10.0 Å². The van der Waals surface area contributed by atoms with Gasteiger partial charge in [0, 0.05) is 31.6 Å². The molecule has 176 valence electrons. The van der Waals surface area contributed by atoms with Gasteiger partial charge >= 0.3 is 0 Å². The van der Waals surface area contributed by atoms with Crippen LogP contribution in [-0.4, -0.2) is 71.6 Å². The van der Waals surface area contributed by atoms with Gasteiger partial charge in [-0.3, -0.25) is 19.4 Å². The molecule has 1 saturated heterocycles. The molecule has 2 N–H and O–H groups in total. The second-order valence-corrected chi connectivity index (χ2v) is 9.47. The molecule has 1 amide bonds. The van der Waals surface area contributed by atoms with E-state index in [0.717, 1.165) is 24.4 Å². The average Bonchev–Trinajstić information content (AvgIpc) is 3.10. The minimum Gasteiger partial charge on any atom is -0.497 e. The molecule has 9 nitrogen and oxygen atoms in total. The highest BCUT2D eigenvalue weighted by molar-refractivity contribution is 7.90. The highest BCUT2D eigenvalue weighted by Crippen LogP contribution is 2.24. The molecule has 10 heteroatoms. The van der Waals surface area contributed by atoms with Crippen LogP contribution < -0.4 is 14.8 Å². The monoisotopic (exact) mass is 472 g/mol. The zero-order valence-electron chi connectivity index (χ0n) is 18.5. The average molecular weight is 473 g/mol. The Hall–Kier alpha value is -2.95. The van der Waals surface area contributed by atoms with Crippen molar-refractivity contribution in [2.75, 3.05) is 46.5 Å². The van der Waals surface area contributed by atoms with Crippen LogP contribution in [0.4, 0.5) is 0 Å². The van der Waals surface area contributed by atoms with E-state index in [9.17, 15) is 13.2 Å². The van der Waals surface area contributed by atoms with Crippen molar-refractivity contribution in [2.24, 2.45) is 4.99 Å². The van der Waals surface area contributed by atoms with E-state index in [1.807, 2.05) is 24.3 Å². The molecule has 1 unspecified atom stereocenters. The lowest BCUT2D eigenvalue weighted by Crippen LogP contribution is -2.43. The summed E-state index contributed by atoms with van der Waals surface area (Å²) in [6.45, 7) is 3.55. The number of hydrogen-bond donors (Lipinski definition) is 2. The van der Waals surface area contributed by atoms with Gasteiger partial charge in [0.05, 0.1) is 37.8 Å². The number of carbonyl (C=O) groups is 1. The molecule has 1 atom stereocenters. The maximum Gasteiger partial charge on any atom is 0.263 e. The summed E-state index contributed by atoms with van der Waals surface area (Å²) < 4.78 is 37.5. The Balaban J connectivity index is 1.36. The molecule has 2 heterocycles. The Morgan fingerprint density at radius 2 is 1.91 bits per heavy atom. The molecule has 0 radical (unpaired) electrons. The van der Waals surface area contributed by atoms with E-state index in [1.165, 1.54) is 6.07 Å². The molecule has 0 bridgehead atoms. The van der Waals surface area contributed by atoms with E-state index in [0.29, 0.717) is 25.3 Å². The lowest BCUT2D eigenvalue weighted by molar-refractivity contribution is -0.121. The van der Waals surface area contributed by atoms with Crippen molar-refractivity contribution in [2.45, 2.75) is 17.4 Å². The van der Waals surface area contributed by atoms with Gasteiger partial charge in [-0.1, -0.05) is 24.3 Å². The van der Waals surface area contributed by atoms with Crippen molar-refractivity contribution in [3.8, 4) is 5.75 Å². The quantitative estimate of drug-likeness (QED) is 0.600. The van der Waals surface area contributed by atoms with E-state index in [2.05, 4.69) is 19.9 Å². The second-order valence-electron chi connectivity index (χ2n) is 7.82. The fraction of sp³-hybridized carbons (Fsp3) is 0.391. The Labute approximate surface area is 193 Å². The van der Waals surface area contributed by atoms with Crippen molar-refractivity contribution in [3.63, 3.8) is 0 Å². The van der Waals surface area contributed by atoms with Gasteiger partial charge in [0.15, 0.2) is 0 Å². The van der Waals surface area contributed by atoms with Crippen LogP contribution in [0, 0.1) is 0 Å². The number of hydrogen-bond acceptors (Lipinski definition) is 7. The minimum absolute atomic E-state index is 0.0172. The fourth-order valence-electron chi connectivity index (χ4n) is 3.99. The molecule has 2 aromatic rings. The van der Waals surface area contributed by atoms with Crippen LogP contribution in [0.15, 0.2) is 58.4 Å². The summed E-state index contributed by atoms with van der Waals surface area (Å²) in [6.07, 6.45) is 0.159. The Morgan fingerprint density at radius 1 is 1.18 bits per heavy atom. The van der Waals surface area contributed by atoms with Gasteiger partial charge in [-0.2, -0.15) is 0 Å². The van der Waals surface area contributed by atoms with Gasteiger partial charge in [0.25, 0.3) is 10.0 Å². The Kier molecular flexibility index (Phi) is 7.26. The van der Waals surface area contributed by atoms with Crippen molar-refractivity contribution < 1.29 is 22.7 Å². The number of sulfonamides is 1. The van der Waals surface area contributed by atoms with Crippen molar-refractivity contribution in [1.82, 2.24) is 14.9 Å². The number of nitrogens with zero attached hydrogens (tertiary/aromatic N) is 2. The largest absolute Gasteiger partial charge is 0.497 e. The SMILES string of the molecule is COc1ccc(C(CNC(=O)CCN=C2NS(=O)(=O)c3ccccc32)N2CCOCC2)cc1. The number of amides is 1. The van der Waals surface area contributed by atoms with Crippen LogP contribution in [0.25, 0.3) is 0 Å². The first kappa shape index (κ1) is 23.2. The highest BCUT2D eigenvalue weighted by Gasteiger charge is 2.30. The highest BCUT2D eigenvalue weighted by atomic mass is 32.2. The van der Waals surface area contributed by atoms with E-state index in [1.54, 1.807) is 25.3 Å². The Bertz CT molecular complexity index is 1110. The lowest BCUT2D eigenvalue weighted by atomic mass is 10.0. The molecule has 2 aliphatic heterocycles. The third kappa shape index (κ3) is 5.52. The van der Waals surface area contributed by atoms with Crippen LogP contribution in [0.3, 0.4) is 0 Å². The molecular formula is C23H28N4O5S. The molecule has 0 aromatic heterocycles. The van der Waals surface area contributed by atoms with Crippen molar-refractivity contribution >= 4 is 21.8 Å². The third-order valence-corrected chi connectivity index (χ3v) is 7.15.